The Balaban J connectivity index is 2.42. The van der Waals surface area contributed by atoms with Gasteiger partial charge in [-0.25, -0.2) is 4.39 Å². The number of halogens is 2. The van der Waals surface area contributed by atoms with Crippen LogP contribution in [0, 0.1) is 5.82 Å². The third kappa shape index (κ3) is 4.70. The van der Waals surface area contributed by atoms with Crippen molar-refractivity contribution in [2.75, 3.05) is 25.1 Å². The van der Waals surface area contributed by atoms with E-state index in [2.05, 4.69) is 21.2 Å². The summed E-state index contributed by atoms with van der Waals surface area (Å²) in [5.74, 6) is -1.48. The van der Waals surface area contributed by atoms with Crippen LogP contribution in [-0.4, -0.2) is 36.1 Å². The van der Waals surface area contributed by atoms with Gasteiger partial charge in [-0.1, -0.05) is 15.9 Å². The molecule has 0 radical (unpaired) electrons. The second-order valence-electron chi connectivity index (χ2n) is 3.22. The predicted octanol–water partition coefficient (Wildman–Crippen LogP) is 1.67. The molecule has 0 spiro atoms. The molecule has 1 aromatic rings. The lowest BCUT2D eigenvalue weighted by Crippen LogP contribution is -2.28. The molecule has 0 aromatic heterocycles. The Bertz CT molecular complexity index is 387. The van der Waals surface area contributed by atoms with Crippen LogP contribution < -0.4 is 5.32 Å². The first-order chi connectivity index (χ1) is 8.15. The number of hydrogen-bond acceptors (Lipinski definition) is 3. The third-order valence-corrected chi connectivity index (χ3v) is 2.27. The minimum absolute atomic E-state index is 0.0942. The van der Waals surface area contributed by atoms with E-state index in [-0.39, 0.29) is 11.3 Å². The summed E-state index contributed by atoms with van der Waals surface area (Å²) in [4.78, 5) is 11.5. The number of phenols is 1. The van der Waals surface area contributed by atoms with E-state index in [9.17, 15) is 9.18 Å². The maximum Gasteiger partial charge on any atom is 0.254 e. The normalized spacial score (nSPS) is 10.2. The Morgan fingerprint density at radius 1 is 1.47 bits per heavy atom. The molecule has 0 fully saturated rings. The Morgan fingerprint density at radius 2 is 2.24 bits per heavy atom. The Hall–Kier alpha value is -1.14. The number of rotatable bonds is 6. The summed E-state index contributed by atoms with van der Waals surface area (Å²) in [6.07, 6.45) is 0. The number of phenolic OH excluding ortho intramolecular Hbond substituents is 1. The van der Waals surface area contributed by atoms with Crippen molar-refractivity contribution >= 4 is 21.8 Å². The predicted molar refractivity (Wildman–Crippen MR) is 65.0 cm³/mol. The van der Waals surface area contributed by atoms with Crippen LogP contribution in [0.25, 0.3) is 0 Å². The van der Waals surface area contributed by atoms with E-state index in [1.54, 1.807) is 0 Å². The zero-order valence-electron chi connectivity index (χ0n) is 9.08. The summed E-state index contributed by atoms with van der Waals surface area (Å²) < 4.78 is 18.4. The van der Waals surface area contributed by atoms with Crippen molar-refractivity contribution in [2.24, 2.45) is 0 Å². The first kappa shape index (κ1) is 13.9. The van der Waals surface area contributed by atoms with Crippen molar-refractivity contribution in [3.8, 4) is 5.75 Å². The van der Waals surface area contributed by atoms with Crippen LogP contribution in [0.5, 0.6) is 5.75 Å². The highest BCUT2D eigenvalue weighted by atomic mass is 79.9. The van der Waals surface area contributed by atoms with Gasteiger partial charge in [0.25, 0.3) is 5.91 Å². The number of hydrogen-bond donors (Lipinski definition) is 2. The number of alkyl halides is 1. The van der Waals surface area contributed by atoms with Gasteiger partial charge in [-0.15, -0.1) is 0 Å². The fourth-order valence-corrected chi connectivity index (χ4v) is 1.41. The molecule has 0 unspecified atom stereocenters. The van der Waals surface area contributed by atoms with E-state index in [0.717, 1.165) is 11.4 Å². The Labute approximate surface area is 107 Å². The number of carbonyl (C=O) groups is 1. The maximum atomic E-state index is 13.3. The van der Waals surface area contributed by atoms with E-state index >= 15 is 0 Å². The first-order valence-corrected chi connectivity index (χ1v) is 6.17. The molecule has 0 saturated heterocycles. The maximum absolute atomic E-state index is 13.3. The van der Waals surface area contributed by atoms with Gasteiger partial charge in [-0.2, -0.15) is 0 Å². The van der Waals surface area contributed by atoms with Gasteiger partial charge in [0.1, 0.15) is 11.6 Å². The van der Waals surface area contributed by atoms with Crippen molar-refractivity contribution < 1.29 is 19.0 Å². The fourth-order valence-electron chi connectivity index (χ4n) is 1.18. The highest BCUT2D eigenvalue weighted by Crippen LogP contribution is 2.14. The molecule has 0 aliphatic rings. The van der Waals surface area contributed by atoms with Gasteiger partial charge in [-0.3, -0.25) is 4.79 Å². The van der Waals surface area contributed by atoms with Gasteiger partial charge in [-0.05, 0) is 12.1 Å². The average Bonchev–Trinajstić information content (AvgIpc) is 2.28. The molecule has 1 rings (SSSR count). The van der Waals surface area contributed by atoms with Crippen LogP contribution in [0.15, 0.2) is 18.2 Å². The zero-order chi connectivity index (χ0) is 12.7. The zero-order valence-corrected chi connectivity index (χ0v) is 10.7. The molecule has 4 nitrogen and oxygen atoms in total. The van der Waals surface area contributed by atoms with Gasteiger partial charge in [0.2, 0.25) is 0 Å². The molecule has 0 atom stereocenters. The lowest BCUT2D eigenvalue weighted by Gasteiger charge is -2.06. The monoisotopic (exact) mass is 305 g/mol. The van der Waals surface area contributed by atoms with Gasteiger partial charge in [0, 0.05) is 17.9 Å². The standard InChI is InChI=1S/C11H13BrFNO3/c12-3-5-17-6-4-14-11(16)9-2-1-8(15)7-10(9)13/h1-2,7,15H,3-6H2,(H,14,16). The second-order valence-corrected chi connectivity index (χ2v) is 4.01. The van der Waals surface area contributed by atoms with Crippen LogP contribution in [0.1, 0.15) is 10.4 Å². The molecule has 0 aliphatic carbocycles. The number of benzene rings is 1. The van der Waals surface area contributed by atoms with E-state index < -0.39 is 11.7 Å². The van der Waals surface area contributed by atoms with Gasteiger partial charge < -0.3 is 15.2 Å². The average molecular weight is 306 g/mol. The summed E-state index contributed by atoms with van der Waals surface area (Å²) >= 11 is 3.20. The minimum atomic E-state index is -0.746. The summed E-state index contributed by atoms with van der Waals surface area (Å²) in [5.41, 5.74) is -0.0942. The van der Waals surface area contributed by atoms with Crippen LogP contribution in [0.4, 0.5) is 4.39 Å². The largest absolute Gasteiger partial charge is 0.508 e. The third-order valence-electron chi connectivity index (χ3n) is 1.95. The summed E-state index contributed by atoms with van der Waals surface area (Å²) in [6.45, 7) is 1.24. The van der Waals surface area contributed by atoms with Crippen molar-refractivity contribution in [1.29, 1.82) is 0 Å². The van der Waals surface area contributed by atoms with Crippen LogP contribution >= 0.6 is 15.9 Å². The van der Waals surface area contributed by atoms with E-state index in [0.29, 0.717) is 19.8 Å². The summed E-state index contributed by atoms with van der Waals surface area (Å²) in [7, 11) is 0. The number of carbonyl (C=O) groups excluding carboxylic acids is 1. The highest BCUT2D eigenvalue weighted by molar-refractivity contribution is 9.09. The highest BCUT2D eigenvalue weighted by Gasteiger charge is 2.11. The molecule has 1 amide bonds. The van der Waals surface area contributed by atoms with Crippen molar-refractivity contribution in [3.05, 3.63) is 29.6 Å². The molecular weight excluding hydrogens is 293 g/mol. The Kier molecular flexibility index (Phi) is 5.93. The molecular formula is C11H13BrFNO3. The van der Waals surface area contributed by atoms with E-state index in [1.165, 1.54) is 12.1 Å². The number of nitrogens with one attached hydrogen (secondary N) is 1. The number of ether oxygens (including phenoxy) is 1. The first-order valence-electron chi connectivity index (χ1n) is 5.05. The molecule has 2 N–H and O–H groups in total. The molecule has 0 saturated carbocycles. The van der Waals surface area contributed by atoms with Crippen molar-refractivity contribution in [3.63, 3.8) is 0 Å². The molecule has 0 bridgehead atoms. The quantitative estimate of drug-likeness (QED) is 0.621. The van der Waals surface area contributed by atoms with Gasteiger partial charge in [0.05, 0.1) is 18.8 Å². The van der Waals surface area contributed by atoms with E-state index in [1.807, 2.05) is 0 Å². The fraction of sp³-hybridized carbons (Fsp3) is 0.364. The van der Waals surface area contributed by atoms with Gasteiger partial charge in [0.15, 0.2) is 0 Å². The summed E-state index contributed by atoms with van der Waals surface area (Å²) in [6, 6.07) is 3.40. The lowest BCUT2D eigenvalue weighted by atomic mass is 10.2. The smallest absolute Gasteiger partial charge is 0.254 e. The summed E-state index contributed by atoms with van der Waals surface area (Å²) in [5, 5.41) is 12.2. The van der Waals surface area contributed by atoms with Crippen LogP contribution in [0.3, 0.4) is 0 Å². The molecule has 0 heterocycles. The lowest BCUT2D eigenvalue weighted by molar-refractivity contribution is 0.0920. The molecule has 17 heavy (non-hydrogen) atoms. The van der Waals surface area contributed by atoms with Gasteiger partial charge >= 0.3 is 0 Å². The molecule has 0 aliphatic heterocycles. The SMILES string of the molecule is O=C(NCCOCCBr)c1ccc(O)cc1F. The minimum Gasteiger partial charge on any atom is -0.508 e. The van der Waals surface area contributed by atoms with Crippen LogP contribution in [-0.2, 0) is 4.74 Å². The van der Waals surface area contributed by atoms with Crippen molar-refractivity contribution in [1.82, 2.24) is 5.32 Å². The number of aromatic hydroxyl groups is 1. The van der Waals surface area contributed by atoms with Crippen LogP contribution in [0.2, 0.25) is 0 Å². The van der Waals surface area contributed by atoms with Crippen molar-refractivity contribution in [2.45, 2.75) is 0 Å². The topological polar surface area (TPSA) is 58.6 Å². The van der Waals surface area contributed by atoms with E-state index in [4.69, 9.17) is 9.84 Å². The number of amides is 1. The molecule has 1 aromatic carbocycles. The molecule has 94 valence electrons. The Morgan fingerprint density at radius 3 is 2.88 bits per heavy atom. The second kappa shape index (κ2) is 7.24. The molecule has 6 heteroatoms.